The second-order valence-corrected chi connectivity index (χ2v) is 6.03. The summed E-state index contributed by atoms with van der Waals surface area (Å²) in [6.45, 7) is 4.83. The van der Waals surface area contributed by atoms with Crippen molar-refractivity contribution in [3.63, 3.8) is 0 Å². The molecule has 122 valence electrons. The first kappa shape index (κ1) is 17.3. The van der Waals surface area contributed by atoms with Gasteiger partial charge in [-0.1, -0.05) is 24.9 Å². The maximum Gasteiger partial charge on any atom is 0.272 e. The van der Waals surface area contributed by atoms with Gasteiger partial charge in [-0.2, -0.15) is 0 Å². The molecule has 0 unspecified atom stereocenters. The summed E-state index contributed by atoms with van der Waals surface area (Å²) in [4.78, 5) is 18.3. The molecule has 2 aromatic rings. The van der Waals surface area contributed by atoms with Crippen molar-refractivity contribution in [1.82, 2.24) is 9.88 Å². The molecule has 1 aromatic heterocycles. The molecule has 0 spiro atoms. The van der Waals surface area contributed by atoms with Gasteiger partial charge in [0.25, 0.3) is 5.91 Å². The van der Waals surface area contributed by atoms with Gasteiger partial charge in [0.2, 0.25) is 0 Å². The fraction of sp³-hybridized carbons (Fsp3) is 0.333. The number of carbonyl (C=O) groups excluding carboxylic acids is 1. The molecule has 1 heterocycles. The third-order valence-corrected chi connectivity index (χ3v) is 3.88. The van der Waals surface area contributed by atoms with Gasteiger partial charge in [0.1, 0.15) is 5.69 Å². The molecule has 0 saturated carbocycles. The standard InChI is InChI=1S/C18H22ClN3O/c1-4-5-10-22(3)18(23)17-12-15(8-9-20-17)21-16-7-6-14(19)11-13(16)2/h6-9,11-12H,4-5,10H2,1-3H3,(H,20,21). The van der Waals surface area contributed by atoms with Crippen LogP contribution in [0.5, 0.6) is 0 Å². The van der Waals surface area contributed by atoms with E-state index in [4.69, 9.17) is 11.6 Å². The summed E-state index contributed by atoms with van der Waals surface area (Å²) < 4.78 is 0. The highest BCUT2D eigenvalue weighted by Crippen LogP contribution is 2.23. The van der Waals surface area contributed by atoms with Gasteiger partial charge in [0, 0.05) is 36.2 Å². The van der Waals surface area contributed by atoms with Crippen molar-refractivity contribution < 1.29 is 4.79 Å². The number of hydrogen-bond acceptors (Lipinski definition) is 3. The largest absolute Gasteiger partial charge is 0.355 e. The van der Waals surface area contributed by atoms with E-state index in [1.807, 2.05) is 38.2 Å². The number of nitrogens with zero attached hydrogens (tertiary/aromatic N) is 2. The zero-order chi connectivity index (χ0) is 16.8. The van der Waals surface area contributed by atoms with Gasteiger partial charge in [-0.25, -0.2) is 0 Å². The number of aromatic nitrogens is 1. The second-order valence-electron chi connectivity index (χ2n) is 5.59. The quantitative estimate of drug-likeness (QED) is 0.837. The van der Waals surface area contributed by atoms with E-state index in [2.05, 4.69) is 17.2 Å². The Labute approximate surface area is 142 Å². The molecule has 1 aromatic carbocycles. The van der Waals surface area contributed by atoms with E-state index in [0.717, 1.165) is 36.3 Å². The summed E-state index contributed by atoms with van der Waals surface area (Å²) in [5, 5.41) is 4.01. The SMILES string of the molecule is CCCCN(C)C(=O)c1cc(Nc2ccc(Cl)cc2C)ccn1. The van der Waals surface area contributed by atoms with Crippen LogP contribution in [0.1, 0.15) is 35.8 Å². The Morgan fingerprint density at radius 2 is 2.09 bits per heavy atom. The number of amides is 1. The molecule has 5 heteroatoms. The van der Waals surface area contributed by atoms with Crippen molar-refractivity contribution >= 4 is 28.9 Å². The van der Waals surface area contributed by atoms with Crippen LogP contribution < -0.4 is 5.32 Å². The molecule has 0 aliphatic heterocycles. The number of aryl methyl sites for hydroxylation is 1. The minimum absolute atomic E-state index is 0.0603. The number of hydrogen-bond donors (Lipinski definition) is 1. The van der Waals surface area contributed by atoms with Gasteiger partial charge in [0.15, 0.2) is 0 Å². The van der Waals surface area contributed by atoms with E-state index in [0.29, 0.717) is 10.7 Å². The molecule has 4 nitrogen and oxygen atoms in total. The summed E-state index contributed by atoms with van der Waals surface area (Å²) in [5.41, 5.74) is 3.28. The Balaban J connectivity index is 2.14. The number of anilines is 2. The van der Waals surface area contributed by atoms with Gasteiger partial charge in [0.05, 0.1) is 0 Å². The van der Waals surface area contributed by atoms with Gasteiger partial charge in [-0.3, -0.25) is 9.78 Å². The number of halogens is 1. The molecule has 23 heavy (non-hydrogen) atoms. The van der Waals surface area contributed by atoms with Gasteiger partial charge >= 0.3 is 0 Å². The number of carbonyl (C=O) groups is 1. The van der Waals surface area contributed by atoms with Crippen LogP contribution in [0.3, 0.4) is 0 Å². The third kappa shape index (κ3) is 4.70. The van der Waals surface area contributed by atoms with Gasteiger partial charge < -0.3 is 10.2 Å². The number of pyridine rings is 1. The van der Waals surface area contributed by atoms with E-state index in [1.165, 1.54) is 0 Å². The van der Waals surface area contributed by atoms with Crippen molar-refractivity contribution in [3.05, 3.63) is 52.8 Å². The van der Waals surface area contributed by atoms with Crippen LogP contribution in [-0.4, -0.2) is 29.4 Å². The molecule has 0 fully saturated rings. The van der Waals surface area contributed by atoms with Crippen molar-refractivity contribution in [3.8, 4) is 0 Å². The first-order chi connectivity index (χ1) is 11.0. The van der Waals surface area contributed by atoms with E-state index in [-0.39, 0.29) is 5.91 Å². The summed E-state index contributed by atoms with van der Waals surface area (Å²) >= 11 is 5.98. The van der Waals surface area contributed by atoms with Crippen molar-refractivity contribution in [2.45, 2.75) is 26.7 Å². The normalized spacial score (nSPS) is 10.4. The Morgan fingerprint density at radius 3 is 2.78 bits per heavy atom. The fourth-order valence-corrected chi connectivity index (χ4v) is 2.47. The first-order valence-electron chi connectivity index (χ1n) is 7.76. The first-order valence-corrected chi connectivity index (χ1v) is 8.13. The van der Waals surface area contributed by atoms with Crippen LogP contribution in [0.25, 0.3) is 0 Å². The summed E-state index contributed by atoms with van der Waals surface area (Å²) in [6.07, 6.45) is 3.70. The van der Waals surface area contributed by atoms with Gasteiger partial charge in [-0.05, 0) is 49.2 Å². The highest BCUT2D eigenvalue weighted by atomic mass is 35.5. The van der Waals surface area contributed by atoms with Crippen molar-refractivity contribution in [2.75, 3.05) is 18.9 Å². The van der Waals surface area contributed by atoms with E-state index >= 15 is 0 Å². The third-order valence-electron chi connectivity index (χ3n) is 3.64. The fourth-order valence-electron chi connectivity index (χ4n) is 2.24. The van der Waals surface area contributed by atoms with Crippen molar-refractivity contribution in [2.24, 2.45) is 0 Å². The molecular weight excluding hydrogens is 310 g/mol. The molecule has 0 aliphatic carbocycles. The van der Waals surface area contributed by atoms with E-state index in [1.54, 1.807) is 17.2 Å². The summed E-state index contributed by atoms with van der Waals surface area (Å²) in [5.74, 6) is -0.0603. The lowest BCUT2D eigenvalue weighted by molar-refractivity contribution is 0.0787. The molecule has 2 rings (SSSR count). The number of unbranched alkanes of at least 4 members (excludes halogenated alkanes) is 1. The predicted octanol–water partition coefficient (Wildman–Crippen LogP) is 4.66. The maximum atomic E-state index is 12.4. The zero-order valence-corrected chi connectivity index (χ0v) is 14.5. The van der Waals surface area contributed by atoms with Crippen LogP contribution in [0.15, 0.2) is 36.5 Å². The molecule has 1 amide bonds. The highest BCUT2D eigenvalue weighted by molar-refractivity contribution is 6.30. The average Bonchev–Trinajstić information content (AvgIpc) is 2.55. The Hall–Kier alpha value is -2.07. The summed E-state index contributed by atoms with van der Waals surface area (Å²) in [6, 6.07) is 9.28. The molecule has 0 radical (unpaired) electrons. The smallest absolute Gasteiger partial charge is 0.272 e. The summed E-state index contributed by atoms with van der Waals surface area (Å²) in [7, 11) is 1.81. The van der Waals surface area contributed by atoms with Crippen LogP contribution in [0.4, 0.5) is 11.4 Å². The monoisotopic (exact) mass is 331 g/mol. The maximum absolute atomic E-state index is 12.4. The van der Waals surface area contributed by atoms with E-state index in [9.17, 15) is 4.79 Å². The molecule has 1 N–H and O–H groups in total. The van der Waals surface area contributed by atoms with E-state index < -0.39 is 0 Å². The van der Waals surface area contributed by atoms with Gasteiger partial charge in [-0.15, -0.1) is 0 Å². The highest BCUT2D eigenvalue weighted by Gasteiger charge is 2.13. The Morgan fingerprint density at radius 1 is 1.30 bits per heavy atom. The Bertz CT molecular complexity index is 688. The minimum Gasteiger partial charge on any atom is -0.355 e. The predicted molar refractivity (Wildman–Crippen MR) is 95.6 cm³/mol. The number of benzene rings is 1. The Kier molecular flexibility index (Phi) is 5.99. The van der Waals surface area contributed by atoms with Crippen LogP contribution >= 0.6 is 11.6 Å². The minimum atomic E-state index is -0.0603. The zero-order valence-electron chi connectivity index (χ0n) is 13.8. The lowest BCUT2D eigenvalue weighted by Gasteiger charge is -2.17. The van der Waals surface area contributed by atoms with Crippen LogP contribution in [-0.2, 0) is 0 Å². The number of rotatable bonds is 6. The van der Waals surface area contributed by atoms with Crippen LogP contribution in [0, 0.1) is 6.92 Å². The lowest BCUT2D eigenvalue weighted by Crippen LogP contribution is -2.28. The molecule has 0 aliphatic rings. The molecule has 0 saturated heterocycles. The second kappa shape index (κ2) is 7.97. The topological polar surface area (TPSA) is 45.2 Å². The molecule has 0 atom stereocenters. The van der Waals surface area contributed by atoms with Crippen molar-refractivity contribution in [1.29, 1.82) is 0 Å². The molecular formula is C18H22ClN3O. The lowest BCUT2D eigenvalue weighted by atomic mass is 10.2. The average molecular weight is 332 g/mol. The number of nitrogens with one attached hydrogen (secondary N) is 1. The molecule has 0 bridgehead atoms. The van der Waals surface area contributed by atoms with Crippen LogP contribution in [0.2, 0.25) is 5.02 Å².